The average molecular weight is 575 g/mol. The first kappa shape index (κ1) is 15.8. The van der Waals surface area contributed by atoms with Crippen molar-refractivity contribution in [1.82, 2.24) is 0 Å². The van der Waals surface area contributed by atoms with Crippen LogP contribution in [0, 0.1) is 0 Å². The van der Waals surface area contributed by atoms with Gasteiger partial charge in [-0.1, -0.05) is 0 Å². The summed E-state index contributed by atoms with van der Waals surface area (Å²) in [5, 5.41) is 0. The third-order valence-corrected chi connectivity index (χ3v) is 2.62. The molecule has 0 aliphatic heterocycles. The van der Waals surface area contributed by atoms with Crippen LogP contribution in [0.15, 0.2) is 0 Å². The fraction of sp³-hybridized carbons (Fsp3) is 1.00. The van der Waals surface area contributed by atoms with E-state index in [-0.39, 0.29) is 20.4 Å². The maximum atomic E-state index is 2.26. The van der Waals surface area contributed by atoms with E-state index in [9.17, 15) is 0 Å². The predicted octanol–water partition coefficient (Wildman–Crippen LogP) is 1.60. The Kier molecular flexibility index (Phi) is 30.9. The van der Waals surface area contributed by atoms with Crippen molar-refractivity contribution in [3.05, 3.63) is 0 Å². The van der Waals surface area contributed by atoms with Crippen LogP contribution in [0.4, 0.5) is 0 Å². The van der Waals surface area contributed by atoms with E-state index in [1.54, 1.807) is 0 Å². The van der Waals surface area contributed by atoms with E-state index < -0.39 is 0 Å². The summed E-state index contributed by atoms with van der Waals surface area (Å²) in [5.41, 5.74) is 0. The standard InChI is InChI=1S/C4H12P2.Re.Rf/c1-5-3-4-6-2;;/h5-6H,3-4H2,1-2H3;;. The molecule has 0 saturated heterocycles. The number of hydrogen-bond acceptors (Lipinski definition) is 0. The third-order valence-electron chi connectivity index (χ3n) is 0.625. The first-order chi connectivity index (χ1) is 2.91. The largest absolute Gasteiger partial charge is 0.125 e. The summed E-state index contributed by atoms with van der Waals surface area (Å²) in [6, 6.07) is 0. The zero-order valence-electron chi connectivity index (χ0n) is 5.50. The van der Waals surface area contributed by atoms with Crippen LogP contribution in [0.2, 0.25) is 0 Å². The van der Waals surface area contributed by atoms with E-state index in [2.05, 4.69) is 13.3 Å². The topological polar surface area (TPSA) is 0 Å². The summed E-state index contributed by atoms with van der Waals surface area (Å²) in [6.07, 6.45) is 2.91. The van der Waals surface area contributed by atoms with Gasteiger partial charge in [0.2, 0.25) is 0 Å². The maximum absolute atomic E-state index is 2.26. The second-order valence-corrected chi connectivity index (χ2v) is 3.62. The van der Waals surface area contributed by atoms with Crippen LogP contribution < -0.4 is 0 Å². The van der Waals surface area contributed by atoms with Gasteiger partial charge in [-0.15, -0.1) is 17.2 Å². The Bertz CT molecular complexity index is 26.0. The van der Waals surface area contributed by atoms with Crippen molar-refractivity contribution in [3.8, 4) is 0 Å². The summed E-state index contributed by atoms with van der Waals surface area (Å²) >= 11 is 0. The Balaban J connectivity index is -0.000000125. The predicted molar refractivity (Wildman–Crippen MR) is 38.2 cm³/mol. The fourth-order valence-electron chi connectivity index (χ4n) is 0.250. The molecule has 4 heteroatoms. The van der Waals surface area contributed by atoms with Crippen LogP contribution in [0.5, 0.6) is 0 Å². The van der Waals surface area contributed by atoms with Gasteiger partial charge in [0.05, 0.1) is 0 Å². The zero-order valence-corrected chi connectivity index (χ0v) is 16.6. The summed E-state index contributed by atoms with van der Waals surface area (Å²) in [7, 11) is 2.34. The molecule has 0 rings (SSSR count). The van der Waals surface area contributed by atoms with Crippen molar-refractivity contribution in [2.24, 2.45) is 0 Å². The Morgan fingerprint density at radius 1 is 1.00 bits per heavy atom. The van der Waals surface area contributed by atoms with Crippen molar-refractivity contribution in [3.63, 3.8) is 0 Å². The minimum absolute atomic E-state index is 0. The maximum Gasteiger partial charge on any atom is 0 e. The van der Waals surface area contributed by atoms with E-state index in [0.717, 1.165) is 0 Å². The Hall–Kier alpha value is 0.522. The van der Waals surface area contributed by atoms with Gasteiger partial charge in [0.1, 0.15) is 0 Å². The van der Waals surface area contributed by atoms with Gasteiger partial charge < -0.3 is 0 Å². The summed E-state index contributed by atoms with van der Waals surface area (Å²) in [5.74, 6) is 0. The third kappa shape index (κ3) is 16.0. The number of hydrogen-bond donors (Lipinski definition) is 0. The van der Waals surface area contributed by atoms with Crippen molar-refractivity contribution < 1.29 is 20.4 Å². The van der Waals surface area contributed by atoms with Crippen molar-refractivity contribution in [2.75, 3.05) is 25.7 Å². The van der Waals surface area contributed by atoms with Crippen LogP contribution in [0.3, 0.4) is 0 Å². The second-order valence-electron chi connectivity index (χ2n) is 1.21. The van der Waals surface area contributed by atoms with Crippen molar-refractivity contribution in [1.29, 1.82) is 0 Å². The van der Waals surface area contributed by atoms with Gasteiger partial charge in [0, 0.05) is 20.4 Å². The van der Waals surface area contributed by atoms with Gasteiger partial charge in [0.15, 0.2) is 0 Å². The molecule has 0 aromatic rings. The molecule has 0 amide bonds. The molecule has 0 fully saturated rings. The molecule has 2 atom stereocenters. The minimum atomic E-state index is 0. The zero-order chi connectivity index (χ0) is 4.83. The van der Waals surface area contributed by atoms with Gasteiger partial charge in [-0.25, -0.2) is 0 Å². The first-order valence-corrected chi connectivity index (χ1v) is 5.62. The number of rotatable bonds is 3. The van der Waals surface area contributed by atoms with E-state index >= 15 is 0 Å². The molecule has 0 saturated carbocycles. The van der Waals surface area contributed by atoms with Crippen LogP contribution >= 0.6 is 17.2 Å². The molecule has 0 N–H and O–H groups in total. The Morgan fingerprint density at radius 3 is 1.38 bits per heavy atom. The molecule has 1 radical (unpaired) electrons. The average Bonchev–Trinajstić information content (AvgIpc) is 1.61. The van der Waals surface area contributed by atoms with E-state index in [4.69, 9.17) is 0 Å². The summed E-state index contributed by atoms with van der Waals surface area (Å²) in [4.78, 5) is 0. The molecule has 0 spiro atoms. The van der Waals surface area contributed by atoms with E-state index in [1.165, 1.54) is 29.5 Å². The van der Waals surface area contributed by atoms with E-state index in [1.807, 2.05) is 0 Å². The molecule has 0 bridgehead atoms. The monoisotopic (exact) mass is 576 g/mol. The molecule has 8 heavy (non-hydrogen) atoms. The molecule has 47 valence electrons. The van der Waals surface area contributed by atoms with Gasteiger partial charge in [-0.3, -0.25) is 0 Å². The summed E-state index contributed by atoms with van der Waals surface area (Å²) in [6.45, 7) is 4.53. The SMILES string of the molecule is CPCCPC.[Re].[Rf]. The first-order valence-electron chi connectivity index (χ1n) is 2.21. The molecule has 0 aromatic heterocycles. The van der Waals surface area contributed by atoms with Crippen LogP contribution in [0.1, 0.15) is 0 Å². The molecule has 0 heterocycles. The molecule has 0 nitrogen and oxygen atoms in total. The molecular formula is C4H12P2ReRf. The van der Waals surface area contributed by atoms with Gasteiger partial charge >= 0.3 is 0 Å². The van der Waals surface area contributed by atoms with Crippen LogP contribution in [-0.2, 0) is 20.4 Å². The normalized spacial score (nSPS) is 9.75. The second kappa shape index (κ2) is 15.6. The fourth-order valence-corrected chi connectivity index (χ4v) is 2.25. The van der Waals surface area contributed by atoms with Crippen LogP contribution in [-0.4, -0.2) is 25.7 Å². The van der Waals surface area contributed by atoms with Gasteiger partial charge in [-0.2, -0.15) is 0 Å². The van der Waals surface area contributed by atoms with Crippen molar-refractivity contribution >= 4 is 17.2 Å². The molecular weight excluding hydrogens is 563 g/mol. The summed E-state index contributed by atoms with van der Waals surface area (Å²) < 4.78 is 0. The Labute approximate surface area is 63.4 Å². The van der Waals surface area contributed by atoms with Gasteiger partial charge in [-0.05, 0) is 25.7 Å². The Morgan fingerprint density at radius 2 is 1.25 bits per heavy atom. The van der Waals surface area contributed by atoms with E-state index in [0.29, 0.717) is 0 Å². The van der Waals surface area contributed by atoms with Crippen LogP contribution in [0.25, 0.3) is 0 Å². The molecule has 0 aliphatic carbocycles. The van der Waals surface area contributed by atoms with Crippen molar-refractivity contribution in [2.45, 2.75) is 0 Å². The quantitative estimate of drug-likeness (QED) is 0.355. The molecule has 0 aromatic carbocycles. The minimum Gasteiger partial charge on any atom is -0.125 e. The molecule has 0 aliphatic rings. The molecule has 2 unspecified atom stereocenters. The van der Waals surface area contributed by atoms with Gasteiger partial charge in [0.25, 0.3) is 0 Å². The smallest absolute Gasteiger partial charge is 0 e.